The fourth-order valence-electron chi connectivity index (χ4n) is 3.26. The highest BCUT2D eigenvalue weighted by Gasteiger charge is 2.24. The van der Waals surface area contributed by atoms with Crippen LogP contribution in [0.4, 0.5) is 5.82 Å². The van der Waals surface area contributed by atoms with Crippen molar-refractivity contribution >= 4 is 11.7 Å². The van der Waals surface area contributed by atoms with Crippen LogP contribution in [0.15, 0.2) is 24.3 Å². The molecule has 29 heavy (non-hydrogen) atoms. The smallest absolute Gasteiger partial charge is 0.254 e. The first-order valence-electron chi connectivity index (χ1n) is 9.80. The highest BCUT2D eigenvalue weighted by Crippen LogP contribution is 2.28. The Hall–Kier alpha value is -3.03. The zero-order chi connectivity index (χ0) is 20.8. The molecule has 8 nitrogen and oxygen atoms in total. The monoisotopic (exact) mass is 400 g/mol. The summed E-state index contributed by atoms with van der Waals surface area (Å²) < 4.78 is 16.2. The zero-order valence-corrected chi connectivity index (χ0v) is 17.5. The molecule has 1 amide bonds. The minimum absolute atomic E-state index is 0.0172. The van der Waals surface area contributed by atoms with Crippen molar-refractivity contribution in [3.05, 3.63) is 35.7 Å². The van der Waals surface area contributed by atoms with E-state index < -0.39 is 0 Å². The summed E-state index contributed by atoms with van der Waals surface area (Å²) in [5.41, 5.74) is 0.587. The van der Waals surface area contributed by atoms with Crippen LogP contribution in [0.25, 0.3) is 0 Å². The summed E-state index contributed by atoms with van der Waals surface area (Å²) in [6, 6.07) is 7.11. The highest BCUT2D eigenvalue weighted by molar-refractivity contribution is 5.95. The van der Waals surface area contributed by atoms with Crippen LogP contribution < -0.4 is 19.1 Å². The molecule has 0 radical (unpaired) electrons. The normalized spacial score (nSPS) is 13.9. The van der Waals surface area contributed by atoms with Crippen LogP contribution >= 0.6 is 0 Å². The molecule has 0 saturated carbocycles. The van der Waals surface area contributed by atoms with Crippen molar-refractivity contribution < 1.29 is 19.0 Å². The van der Waals surface area contributed by atoms with Gasteiger partial charge in [-0.05, 0) is 31.5 Å². The molecule has 2 aromatic rings. The number of amides is 1. The predicted molar refractivity (Wildman–Crippen MR) is 110 cm³/mol. The first-order chi connectivity index (χ1) is 14.0. The molecular formula is C21H28N4O4. The van der Waals surface area contributed by atoms with Crippen molar-refractivity contribution in [2.75, 3.05) is 51.9 Å². The molecule has 0 atom stereocenters. The van der Waals surface area contributed by atoms with Gasteiger partial charge in [-0.1, -0.05) is 6.92 Å². The summed E-state index contributed by atoms with van der Waals surface area (Å²) in [6.45, 7) is 7.17. The number of carbonyl (C=O) groups excluding carboxylic acids is 1. The molecule has 1 aromatic heterocycles. The Morgan fingerprint density at radius 2 is 1.76 bits per heavy atom. The molecule has 0 bridgehead atoms. The van der Waals surface area contributed by atoms with E-state index in [9.17, 15) is 4.79 Å². The number of benzene rings is 1. The van der Waals surface area contributed by atoms with E-state index >= 15 is 0 Å². The second-order valence-electron chi connectivity index (χ2n) is 6.81. The van der Waals surface area contributed by atoms with Crippen LogP contribution in [-0.4, -0.2) is 67.8 Å². The Kier molecular flexibility index (Phi) is 6.74. The number of hydrogen-bond acceptors (Lipinski definition) is 7. The Labute approximate surface area is 171 Å². The predicted octanol–water partition coefficient (Wildman–Crippen LogP) is 2.55. The number of anilines is 1. The lowest BCUT2D eigenvalue weighted by Gasteiger charge is -2.35. The third-order valence-corrected chi connectivity index (χ3v) is 4.78. The van der Waals surface area contributed by atoms with Crippen molar-refractivity contribution in [1.82, 2.24) is 14.9 Å². The Balaban J connectivity index is 1.66. The number of methoxy groups -OCH3 is 2. The van der Waals surface area contributed by atoms with Gasteiger partial charge in [-0.3, -0.25) is 4.79 Å². The van der Waals surface area contributed by atoms with Gasteiger partial charge in [-0.15, -0.1) is 0 Å². The van der Waals surface area contributed by atoms with Crippen LogP contribution in [0.3, 0.4) is 0 Å². The van der Waals surface area contributed by atoms with Gasteiger partial charge in [0.2, 0.25) is 5.88 Å². The molecule has 1 aromatic carbocycles. The molecule has 1 saturated heterocycles. The van der Waals surface area contributed by atoms with Crippen LogP contribution in [0, 0.1) is 6.92 Å². The van der Waals surface area contributed by atoms with Gasteiger partial charge in [0.25, 0.3) is 5.91 Å². The van der Waals surface area contributed by atoms with E-state index in [0.29, 0.717) is 61.6 Å². The van der Waals surface area contributed by atoms with Crippen molar-refractivity contribution in [2.24, 2.45) is 0 Å². The maximum atomic E-state index is 12.9. The maximum absolute atomic E-state index is 12.9. The van der Waals surface area contributed by atoms with E-state index in [-0.39, 0.29) is 5.91 Å². The van der Waals surface area contributed by atoms with Gasteiger partial charge in [0.05, 0.1) is 20.8 Å². The summed E-state index contributed by atoms with van der Waals surface area (Å²) in [7, 11) is 3.14. The molecule has 2 heterocycles. The van der Waals surface area contributed by atoms with E-state index in [4.69, 9.17) is 14.2 Å². The lowest BCUT2D eigenvalue weighted by Crippen LogP contribution is -2.49. The number of carbonyl (C=O) groups is 1. The highest BCUT2D eigenvalue weighted by atomic mass is 16.5. The number of aryl methyl sites for hydroxylation is 1. The number of piperazine rings is 1. The first-order valence-corrected chi connectivity index (χ1v) is 9.80. The van der Waals surface area contributed by atoms with Crippen molar-refractivity contribution in [3.63, 3.8) is 0 Å². The largest absolute Gasteiger partial charge is 0.493 e. The van der Waals surface area contributed by atoms with Gasteiger partial charge in [0, 0.05) is 37.8 Å². The van der Waals surface area contributed by atoms with Crippen LogP contribution in [0.1, 0.15) is 29.5 Å². The zero-order valence-electron chi connectivity index (χ0n) is 17.5. The van der Waals surface area contributed by atoms with Crippen LogP contribution in [0.2, 0.25) is 0 Å². The number of hydrogen-bond donors (Lipinski definition) is 0. The van der Waals surface area contributed by atoms with Crippen molar-refractivity contribution in [1.29, 1.82) is 0 Å². The number of rotatable bonds is 7. The van der Waals surface area contributed by atoms with Crippen molar-refractivity contribution in [3.8, 4) is 17.4 Å². The SMILES string of the molecule is CCCOc1cc(N2CCN(C(=O)c3ccc(OC)c(OC)c3)CC2)nc(C)n1. The maximum Gasteiger partial charge on any atom is 0.254 e. The van der Waals surface area contributed by atoms with E-state index in [0.717, 1.165) is 12.2 Å². The lowest BCUT2D eigenvalue weighted by molar-refractivity contribution is 0.0746. The number of nitrogens with zero attached hydrogens (tertiary/aromatic N) is 4. The van der Waals surface area contributed by atoms with E-state index in [1.54, 1.807) is 32.4 Å². The Morgan fingerprint density at radius 3 is 2.41 bits per heavy atom. The average molecular weight is 400 g/mol. The average Bonchev–Trinajstić information content (AvgIpc) is 2.76. The second kappa shape index (κ2) is 9.45. The molecular weight excluding hydrogens is 372 g/mol. The van der Waals surface area contributed by atoms with E-state index in [2.05, 4.69) is 21.8 Å². The summed E-state index contributed by atoms with van der Waals surface area (Å²) in [4.78, 5) is 25.8. The summed E-state index contributed by atoms with van der Waals surface area (Å²) in [6.07, 6.45) is 0.926. The molecule has 3 rings (SSSR count). The van der Waals surface area contributed by atoms with Gasteiger partial charge in [-0.2, -0.15) is 4.98 Å². The van der Waals surface area contributed by atoms with Gasteiger partial charge in [0.15, 0.2) is 11.5 Å². The number of aromatic nitrogens is 2. The summed E-state index contributed by atoms with van der Waals surface area (Å²) in [5.74, 6) is 3.25. The third kappa shape index (κ3) is 4.88. The molecule has 0 N–H and O–H groups in total. The van der Waals surface area contributed by atoms with Crippen LogP contribution in [0.5, 0.6) is 17.4 Å². The minimum Gasteiger partial charge on any atom is -0.493 e. The molecule has 0 unspecified atom stereocenters. The molecule has 0 spiro atoms. The lowest BCUT2D eigenvalue weighted by atomic mass is 10.1. The Morgan fingerprint density at radius 1 is 1.03 bits per heavy atom. The van der Waals surface area contributed by atoms with Crippen molar-refractivity contribution in [2.45, 2.75) is 20.3 Å². The van der Waals surface area contributed by atoms with Gasteiger partial charge < -0.3 is 24.0 Å². The minimum atomic E-state index is -0.0172. The van der Waals surface area contributed by atoms with E-state index in [1.807, 2.05) is 17.9 Å². The van der Waals surface area contributed by atoms with Gasteiger partial charge in [-0.25, -0.2) is 4.98 Å². The van der Waals surface area contributed by atoms with Gasteiger partial charge in [0.1, 0.15) is 11.6 Å². The summed E-state index contributed by atoms with van der Waals surface area (Å²) in [5, 5.41) is 0. The first kappa shape index (κ1) is 20.7. The topological polar surface area (TPSA) is 77.0 Å². The standard InChI is InChI=1S/C21H28N4O4/c1-5-12-29-20-14-19(22-15(2)23-20)24-8-10-25(11-9-24)21(26)16-6-7-17(27-3)18(13-16)28-4/h6-7,13-14H,5,8-12H2,1-4H3. The number of ether oxygens (including phenoxy) is 3. The molecule has 0 aliphatic carbocycles. The summed E-state index contributed by atoms with van der Waals surface area (Å²) >= 11 is 0. The molecule has 1 aliphatic heterocycles. The van der Waals surface area contributed by atoms with Gasteiger partial charge >= 0.3 is 0 Å². The molecule has 1 fully saturated rings. The van der Waals surface area contributed by atoms with Crippen LogP contribution in [-0.2, 0) is 0 Å². The molecule has 1 aliphatic rings. The van der Waals surface area contributed by atoms with E-state index in [1.165, 1.54) is 0 Å². The second-order valence-corrected chi connectivity index (χ2v) is 6.81. The third-order valence-electron chi connectivity index (χ3n) is 4.78. The fourth-order valence-corrected chi connectivity index (χ4v) is 3.26. The quantitative estimate of drug-likeness (QED) is 0.707. The Bertz CT molecular complexity index is 851. The molecule has 8 heteroatoms. The fraction of sp³-hybridized carbons (Fsp3) is 0.476. The molecule has 156 valence electrons.